The number of rotatable bonds is 8. The third-order valence-corrected chi connectivity index (χ3v) is 10.4. The molecule has 262 valence electrons. The number of anilines is 2. The summed E-state index contributed by atoms with van der Waals surface area (Å²) in [6.07, 6.45) is 5.33. The average molecular weight is 669 g/mol. The number of carbonyl (C=O) groups is 2. The summed E-state index contributed by atoms with van der Waals surface area (Å²) in [6, 6.07) is -0.158. The van der Waals surface area contributed by atoms with E-state index in [0.29, 0.717) is 48.0 Å². The van der Waals surface area contributed by atoms with Crippen LogP contribution < -0.4 is 15.5 Å². The van der Waals surface area contributed by atoms with Crippen LogP contribution >= 0.6 is 0 Å². The molecule has 2 aromatic heterocycles. The van der Waals surface area contributed by atoms with Crippen molar-refractivity contribution in [1.82, 2.24) is 29.7 Å². The number of hydrogen-bond donors (Lipinski definition) is 5. The number of alkyl halides is 3. The van der Waals surface area contributed by atoms with Crippen LogP contribution in [0.4, 0.5) is 24.9 Å². The van der Waals surface area contributed by atoms with Crippen LogP contribution in [0.25, 0.3) is 11.2 Å². The van der Waals surface area contributed by atoms with Crippen LogP contribution in [-0.4, -0.2) is 115 Å². The Morgan fingerprint density at radius 1 is 1.02 bits per heavy atom. The standard InChI is InChI=1S/C29H46N8O3.C2HF3O2/c1-4-23(38)31-21-14-22(26(40)25(21)39)37-16-30-24-27(32-20-11-7-10-19(20)17-8-5-6-9-17)33-29(34-28(24)37)36-13-12-18(15-36)35(2)3;3-2(4,5)1(6)7/h16-22,25-26,39-40H,4-15H2,1-3H3,(H,31,38)(H,32,33,34);(H,6,7)/t18-,19+,20+,21+,22-,25-,26+;/m1./s1. The molecule has 0 radical (unpaired) electrons. The normalized spacial score (nSPS) is 29.8. The van der Waals surface area contributed by atoms with Crippen molar-refractivity contribution in [2.75, 3.05) is 37.4 Å². The lowest BCUT2D eigenvalue weighted by molar-refractivity contribution is -0.192. The van der Waals surface area contributed by atoms with Gasteiger partial charge in [0.15, 0.2) is 17.0 Å². The molecule has 0 bridgehead atoms. The number of aliphatic carboxylic acids is 1. The molecule has 0 unspecified atom stereocenters. The Balaban J connectivity index is 0.000000559. The van der Waals surface area contributed by atoms with Crippen LogP contribution in [0, 0.1) is 11.8 Å². The molecule has 7 atom stereocenters. The van der Waals surface area contributed by atoms with E-state index in [-0.39, 0.29) is 5.91 Å². The minimum absolute atomic E-state index is 0.138. The molecule has 6 rings (SSSR count). The molecule has 4 fully saturated rings. The first-order chi connectivity index (χ1) is 22.3. The van der Waals surface area contributed by atoms with Gasteiger partial charge >= 0.3 is 12.1 Å². The Bertz CT molecular complexity index is 1400. The number of amides is 1. The van der Waals surface area contributed by atoms with Crippen molar-refractivity contribution in [1.29, 1.82) is 0 Å². The summed E-state index contributed by atoms with van der Waals surface area (Å²) >= 11 is 0. The lowest BCUT2D eigenvalue weighted by atomic mass is 9.86. The summed E-state index contributed by atoms with van der Waals surface area (Å²) in [7, 11) is 4.23. The molecule has 3 saturated carbocycles. The average Bonchev–Trinajstić information content (AvgIpc) is 3.85. The number of halogens is 3. The second-order valence-corrected chi connectivity index (χ2v) is 13.6. The minimum Gasteiger partial charge on any atom is -0.475 e. The van der Waals surface area contributed by atoms with E-state index >= 15 is 0 Å². The van der Waals surface area contributed by atoms with E-state index in [2.05, 4.69) is 34.5 Å². The Morgan fingerprint density at radius 3 is 2.34 bits per heavy atom. The number of carboxylic acids is 1. The maximum absolute atomic E-state index is 12.1. The summed E-state index contributed by atoms with van der Waals surface area (Å²) in [4.78, 5) is 40.3. The monoisotopic (exact) mass is 668 g/mol. The van der Waals surface area contributed by atoms with Gasteiger partial charge in [-0.05, 0) is 51.6 Å². The third kappa shape index (κ3) is 7.75. The first-order valence-corrected chi connectivity index (χ1v) is 16.7. The SMILES string of the molecule is CCC(=O)N[C@H]1C[C@@H](n2cnc3c(N[C@H]4CCC[C@H]4C4CCCC4)nc(N4CC[C@@H](N(C)C)C4)nc32)[C@H](O)[C@@H]1O.O=C(O)C(F)(F)F. The van der Waals surface area contributed by atoms with E-state index in [9.17, 15) is 28.2 Å². The molecular formula is C31H47F3N8O5. The summed E-state index contributed by atoms with van der Waals surface area (Å²) in [5.74, 6) is 0.0110. The zero-order chi connectivity index (χ0) is 34.0. The highest BCUT2D eigenvalue weighted by Gasteiger charge is 2.44. The van der Waals surface area contributed by atoms with Crippen molar-refractivity contribution in [3.05, 3.63) is 6.33 Å². The first kappa shape index (κ1) is 35.1. The van der Waals surface area contributed by atoms with Gasteiger partial charge in [-0.25, -0.2) is 9.78 Å². The smallest absolute Gasteiger partial charge is 0.475 e. The molecule has 2 aromatic rings. The van der Waals surface area contributed by atoms with E-state index in [1.807, 2.05) is 4.57 Å². The van der Waals surface area contributed by atoms with Gasteiger partial charge in [0, 0.05) is 31.6 Å². The predicted octanol–water partition coefficient (Wildman–Crippen LogP) is 2.93. The van der Waals surface area contributed by atoms with Crippen molar-refractivity contribution in [2.45, 2.75) is 114 Å². The van der Waals surface area contributed by atoms with E-state index in [1.165, 1.54) is 38.5 Å². The molecule has 47 heavy (non-hydrogen) atoms. The van der Waals surface area contributed by atoms with Crippen molar-refractivity contribution in [2.24, 2.45) is 11.8 Å². The molecule has 0 aromatic carbocycles. The van der Waals surface area contributed by atoms with E-state index in [0.717, 1.165) is 37.7 Å². The maximum Gasteiger partial charge on any atom is 0.490 e. The molecule has 1 saturated heterocycles. The Labute approximate surface area is 271 Å². The summed E-state index contributed by atoms with van der Waals surface area (Å²) in [6.45, 7) is 3.52. The molecule has 3 heterocycles. The quantitative estimate of drug-likeness (QED) is 0.281. The van der Waals surface area contributed by atoms with Crippen LogP contribution in [0.2, 0.25) is 0 Å². The van der Waals surface area contributed by atoms with Crippen molar-refractivity contribution in [3.8, 4) is 0 Å². The highest BCUT2D eigenvalue weighted by molar-refractivity contribution is 5.85. The fourth-order valence-electron chi connectivity index (χ4n) is 7.76. The number of imidazole rings is 1. The number of nitrogens with one attached hydrogen (secondary N) is 2. The summed E-state index contributed by atoms with van der Waals surface area (Å²) < 4.78 is 33.6. The van der Waals surface area contributed by atoms with Crippen molar-refractivity contribution in [3.63, 3.8) is 0 Å². The van der Waals surface area contributed by atoms with Gasteiger partial charge in [0.05, 0.1) is 18.4 Å². The number of carbonyl (C=O) groups excluding carboxylic acids is 1. The van der Waals surface area contributed by atoms with Gasteiger partial charge in [-0.1, -0.05) is 39.0 Å². The lowest BCUT2D eigenvalue weighted by Crippen LogP contribution is -2.42. The molecule has 1 amide bonds. The van der Waals surface area contributed by atoms with E-state index < -0.39 is 36.4 Å². The molecule has 3 aliphatic carbocycles. The van der Waals surface area contributed by atoms with Crippen LogP contribution in [0.15, 0.2) is 6.33 Å². The van der Waals surface area contributed by atoms with Crippen LogP contribution in [0.5, 0.6) is 0 Å². The number of fused-ring (bicyclic) bond motifs is 1. The van der Waals surface area contributed by atoms with Gasteiger partial charge in [0.2, 0.25) is 11.9 Å². The number of nitrogens with zero attached hydrogens (tertiary/aromatic N) is 6. The molecule has 1 aliphatic heterocycles. The van der Waals surface area contributed by atoms with Crippen LogP contribution in [-0.2, 0) is 9.59 Å². The zero-order valence-corrected chi connectivity index (χ0v) is 27.2. The second-order valence-electron chi connectivity index (χ2n) is 13.6. The molecular weight excluding hydrogens is 621 g/mol. The van der Waals surface area contributed by atoms with Crippen LogP contribution in [0.1, 0.15) is 77.2 Å². The Morgan fingerprint density at radius 2 is 1.72 bits per heavy atom. The molecule has 0 spiro atoms. The predicted molar refractivity (Wildman–Crippen MR) is 168 cm³/mol. The number of carboxylic acid groups (broad SMARTS) is 1. The molecule has 16 heteroatoms. The number of likely N-dealkylation sites (N-methyl/N-ethyl adjacent to an activating group) is 1. The second kappa shape index (κ2) is 14.5. The highest BCUT2D eigenvalue weighted by Crippen LogP contribution is 2.42. The van der Waals surface area contributed by atoms with E-state index in [1.54, 1.807) is 13.3 Å². The largest absolute Gasteiger partial charge is 0.490 e. The van der Waals surface area contributed by atoms with Crippen molar-refractivity contribution >= 4 is 34.8 Å². The highest BCUT2D eigenvalue weighted by atomic mass is 19.4. The fraction of sp³-hybridized carbons (Fsp3) is 0.774. The van der Waals surface area contributed by atoms with Crippen molar-refractivity contribution < 1.29 is 38.1 Å². The number of hydrogen-bond acceptors (Lipinski definition) is 10. The Kier molecular flexibility index (Phi) is 10.8. The van der Waals surface area contributed by atoms with Gasteiger partial charge in [0.1, 0.15) is 12.2 Å². The topological polar surface area (TPSA) is 169 Å². The Hall–Kier alpha value is -3.24. The lowest BCUT2D eigenvalue weighted by Gasteiger charge is -2.27. The van der Waals surface area contributed by atoms with Gasteiger partial charge in [0.25, 0.3) is 0 Å². The van der Waals surface area contributed by atoms with Gasteiger partial charge in [-0.15, -0.1) is 0 Å². The molecule has 5 N–H and O–H groups in total. The van der Waals surface area contributed by atoms with Gasteiger partial charge < -0.3 is 40.3 Å². The third-order valence-electron chi connectivity index (χ3n) is 10.4. The maximum atomic E-state index is 12.1. The molecule has 4 aliphatic rings. The van der Waals surface area contributed by atoms with Gasteiger partial charge in [-0.3, -0.25) is 4.79 Å². The first-order valence-electron chi connectivity index (χ1n) is 16.7. The number of aliphatic hydroxyl groups is 2. The van der Waals surface area contributed by atoms with E-state index in [4.69, 9.17) is 24.9 Å². The molecule has 13 nitrogen and oxygen atoms in total. The summed E-state index contributed by atoms with van der Waals surface area (Å²) in [5, 5.41) is 35.7. The summed E-state index contributed by atoms with van der Waals surface area (Å²) in [5.41, 5.74) is 1.36. The number of aliphatic hydroxyl groups excluding tert-OH is 2. The zero-order valence-electron chi connectivity index (χ0n) is 27.2. The minimum atomic E-state index is -5.08. The van der Waals surface area contributed by atoms with Crippen LogP contribution in [0.3, 0.4) is 0 Å². The fourth-order valence-corrected chi connectivity index (χ4v) is 7.76. The van der Waals surface area contributed by atoms with Gasteiger partial charge in [-0.2, -0.15) is 23.1 Å². The number of aromatic nitrogens is 4.